The van der Waals surface area contributed by atoms with Gasteiger partial charge in [0.15, 0.2) is 0 Å². The van der Waals surface area contributed by atoms with Crippen LogP contribution in [0.4, 0.5) is 0 Å². The molecule has 2 heterocycles. The largest absolute Gasteiger partial charge is 0.493 e. The quantitative estimate of drug-likeness (QED) is 0.763. The third-order valence-corrected chi connectivity index (χ3v) is 5.84. The molecule has 1 saturated heterocycles. The average Bonchev–Trinajstić information content (AvgIpc) is 2.72. The molecular weight excluding hydrogens is 378 g/mol. The second-order valence-electron chi connectivity index (χ2n) is 8.81. The lowest BCUT2D eigenvalue weighted by molar-refractivity contribution is -0.121. The summed E-state index contributed by atoms with van der Waals surface area (Å²) in [5.74, 6) is 2.15. The van der Waals surface area contributed by atoms with Crippen LogP contribution in [-0.4, -0.2) is 31.3 Å². The van der Waals surface area contributed by atoms with Crippen molar-refractivity contribution >= 4 is 5.91 Å². The van der Waals surface area contributed by atoms with Crippen LogP contribution in [0.3, 0.4) is 0 Å². The summed E-state index contributed by atoms with van der Waals surface area (Å²) in [4.78, 5) is 12.0. The van der Waals surface area contributed by atoms with Gasteiger partial charge in [-0.1, -0.05) is 38.1 Å². The molecule has 2 aromatic rings. The van der Waals surface area contributed by atoms with E-state index < -0.39 is 0 Å². The highest BCUT2D eigenvalue weighted by atomic mass is 16.5. The van der Waals surface area contributed by atoms with Gasteiger partial charge in [0.1, 0.15) is 17.1 Å². The van der Waals surface area contributed by atoms with Crippen LogP contribution in [0.15, 0.2) is 42.5 Å². The summed E-state index contributed by atoms with van der Waals surface area (Å²) in [5, 5.41) is 3.15. The van der Waals surface area contributed by atoms with Gasteiger partial charge in [0, 0.05) is 37.3 Å². The van der Waals surface area contributed by atoms with Crippen molar-refractivity contribution in [2.45, 2.75) is 51.7 Å². The van der Waals surface area contributed by atoms with E-state index in [-0.39, 0.29) is 17.6 Å². The standard InChI is InChI=1S/C25H31NO4/c1-17(2)16-29-23-7-5-4-6-20(23)19-8-9-24-21(14-19)22(26-18(3)27)15-25(30-24)10-12-28-13-11-25/h4-9,14,17,22H,10-13,15-16H2,1-3H3,(H,26,27). The van der Waals surface area contributed by atoms with Gasteiger partial charge in [0.05, 0.1) is 25.9 Å². The molecule has 160 valence electrons. The number of nitrogens with one attached hydrogen (secondary N) is 1. The van der Waals surface area contributed by atoms with Crippen molar-refractivity contribution in [1.82, 2.24) is 5.32 Å². The maximum absolute atomic E-state index is 12.0. The smallest absolute Gasteiger partial charge is 0.217 e. The molecule has 1 fully saturated rings. The predicted molar refractivity (Wildman–Crippen MR) is 117 cm³/mol. The molecule has 1 unspecified atom stereocenters. The van der Waals surface area contributed by atoms with E-state index in [2.05, 4.69) is 37.4 Å². The molecule has 1 spiro atoms. The topological polar surface area (TPSA) is 56.8 Å². The summed E-state index contributed by atoms with van der Waals surface area (Å²) in [5.41, 5.74) is 2.88. The Hall–Kier alpha value is -2.53. The Labute approximate surface area is 178 Å². The fourth-order valence-corrected chi connectivity index (χ4v) is 4.35. The number of carbonyl (C=O) groups excluding carboxylic acids is 1. The average molecular weight is 410 g/mol. The van der Waals surface area contributed by atoms with Crippen LogP contribution in [0.2, 0.25) is 0 Å². The third kappa shape index (κ3) is 4.46. The van der Waals surface area contributed by atoms with Gasteiger partial charge in [-0.15, -0.1) is 0 Å². The molecule has 2 aliphatic heterocycles. The first-order chi connectivity index (χ1) is 14.5. The number of ether oxygens (including phenoxy) is 3. The minimum Gasteiger partial charge on any atom is -0.493 e. The molecule has 0 aromatic heterocycles. The molecule has 0 bridgehead atoms. The summed E-state index contributed by atoms with van der Waals surface area (Å²) in [6.45, 7) is 7.92. The number of rotatable bonds is 5. The number of hydrogen-bond donors (Lipinski definition) is 1. The lowest BCUT2D eigenvalue weighted by Crippen LogP contribution is -2.48. The van der Waals surface area contributed by atoms with Crippen molar-refractivity contribution in [2.24, 2.45) is 5.92 Å². The maximum atomic E-state index is 12.0. The van der Waals surface area contributed by atoms with Crippen LogP contribution < -0.4 is 14.8 Å². The Morgan fingerprint density at radius 1 is 1.20 bits per heavy atom. The molecule has 1 N–H and O–H groups in total. The Morgan fingerprint density at radius 3 is 2.70 bits per heavy atom. The second kappa shape index (κ2) is 8.68. The fourth-order valence-electron chi connectivity index (χ4n) is 4.35. The van der Waals surface area contributed by atoms with Crippen molar-refractivity contribution < 1.29 is 19.0 Å². The SMILES string of the molecule is CC(=O)NC1CC2(CCOCC2)Oc2ccc(-c3ccccc3OCC(C)C)cc21. The minimum atomic E-state index is -0.266. The Kier molecular flexibility index (Phi) is 6.00. The molecule has 30 heavy (non-hydrogen) atoms. The van der Waals surface area contributed by atoms with Crippen molar-refractivity contribution in [1.29, 1.82) is 0 Å². The summed E-state index contributed by atoms with van der Waals surface area (Å²) >= 11 is 0. The van der Waals surface area contributed by atoms with Gasteiger partial charge in [-0.3, -0.25) is 4.79 Å². The van der Waals surface area contributed by atoms with E-state index in [0.29, 0.717) is 25.7 Å². The zero-order chi connectivity index (χ0) is 21.1. The number of carbonyl (C=O) groups is 1. The van der Waals surface area contributed by atoms with E-state index in [1.807, 2.05) is 24.3 Å². The number of amides is 1. The Morgan fingerprint density at radius 2 is 1.97 bits per heavy atom. The van der Waals surface area contributed by atoms with Crippen molar-refractivity contribution in [3.05, 3.63) is 48.0 Å². The lowest BCUT2D eigenvalue weighted by atomic mass is 9.81. The molecule has 1 amide bonds. The minimum absolute atomic E-state index is 0.0267. The van der Waals surface area contributed by atoms with Gasteiger partial charge in [-0.05, 0) is 29.7 Å². The van der Waals surface area contributed by atoms with Gasteiger partial charge in [0.2, 0.25) is 5.91 Å². The molecule has 5 nitrogen and oxygen atoms in total. The zero-order valence-electron chi connectivity index (χ0n) is 18.1. The van der Waals surface area contributed by atoms with Gasteiger partial charge in [-0.25, -0.2) is 0 Å². The van der Waals surface area contributed by atoms with Crippen LogP contribution in [-0.2, 0) is 9.53 Å². The summed E-state index contributed by atoms with van der Waals surface area (Å²) in [6.07, 6.45) is 2.45. The normalized spacial score (nSPS) is 19.8. The Bertz CT molecular complexity index is 902. The van der Waals surface area contributed by atoms with Gasteiger partial charge in [-0.2, -0.15) is 0 Å². The number of fused-ring (bicyclic) bond motifs is 1. The molecule has 5 heteroatoms. The first-order valence-electron chi connectivity index (χ1n) is 10.9. The molecule has 4 rings (SSSR count). The number of hydrogen-bond acceptors (Lipinski definition) is 4. The van der Waals surface area contributed by atoms with Gasteiger partial charge < -0.3 is 19.5 Å². The molecule has 0 radical (unpaired) electrons. The first kappa shape index (κ1) is 20.7. The highest BCUT2D eigenvalue weighted by Crippen LogP contribution is 2.46. The van der Waals surface area contributed by atoms with Gasteiger partial charge in [0.25, 0.3) is 0 Å². The van der Waals surface area contributed by atoms with Crippen LogP contribution in [0.5, 0.6) is 11.5 Å². The molecular formula is C25H31NO4. The first-order valence-corrected chi connectivity index (χ1v) is 10.9. The van der Waals surface area contributed by atoms with Crippen molar-refractivity contribution in [3.8, 4) is 22.6 Å². The fraction of sp³-hybridized carbons (Fsp3) is 0.480. The monoisotopic (exact) mass is 409 g/mol. The number of benzene rings is 2. The second-order valence-corrected chi connectivity index (χ2v) is 8.81. The summed E-state index contributed by atoms with van der Waals surface area (Å²) < 4.78 is 18.1. The van der Waals surface area contributed by atoms with Crippen LogP contribution in [0.25, 0.3) is 11.1 Å². The van der Waals surface area contributed by atoms with E-state index in [0.717, 1.165) is 47.5 Å². The Balaban J connectivity index is 1.69. The molecule has 0 saturated carbocycles. The van der Waals surface area contributed by atoms with Crippen LogP contribution in [0, 0.1) is 5.92 Å². The third-order valence-electron chi connectivity index (χ3n) is 5.84. The predicted octanol–water partition coefficient (Wildman–Crippen LogP) is 4.90. The molecule has 0 aliphatic carbocycles. The number of para-hydroxylation sites is 1. The van der Waals surface area contributed by atoms with Crippen LogP contribution >= 0.6 is 0 Å². The van der Waals surface area contributed by atoms with Crippen molar-refractivity contribution in [2.75, 3.05) is 19.8 Å². The van der Waals surface area contributed by atoms with E-state index in [4.69, 9.17) is 14.2 Å². The summed E-state index contributed by atoms with van der Waals surface area (Å²) in [7, 11) is 0. The highest BCUT2D eigenvalue weighted by molar-refractivity contribution is 5.75. The maximum Gasteiger partial charge on any atom is 0.217 e. The van der Waals surface area contributed by atoms with Gasteiger partial charge >= 0.3 is 0 Å². The van der Waals surface area contributed by atoms with Crippen LogP contribution in [0.1, 0.15) is 51.6 Å². The van der Waals surface area contributed by atoms with E-state index in [1.54, 1.807) is 6.92 Å². The molecule has 1 atom stereocenters. The molecule has 2 aromatic carbocycles. The molecule has 2 aliphatic rings. The lowest BCUT2D eigenvalue weighted by Gasteiger charge is -2.44. The van der Waals surface area contributed by atoms with E-state index >= 15 is 0 Å². The highest BCUT2D eigenvalue weighted by Gasteiger charge is 2.42. The van der Waals surface area contributed by atoms with Crippen molar-refractivity contribution in [3.63, 3.8) is 0 Å². The van der Waals surface area contributed by atoms with E-state index in [9.17, 15) is 4.79 Å². The summed E-state index contributed by atoms with van der Waals surface area (Å²) in [6, 6.07) is 14.3. The van der Waals surface area contributed by atoms with E-state index in [1.165, 1.54) is 0 Å². The zero-order valence-corrected chi connectivity index (χ0v) is 18.1.